The van der Waals surface area contributed by atoms with E-state index in [4.69, 9.17) is 5.73 Å². The van der Waals surface area contributed by atoms with Crippen LogP contribution in [0.1, 0.15) is 16.2 Å². The Hall–Kier alpha value is -2.37. The summed E-state index contributed by atoms with van der Waals surface area (Å²) in [6.07, 6.45) is 1.56. The summed E-state index contributed by atoms with van der Waals surface area (Å²) >= 11 is 0. The summed E-state index contributed by atoms with van der Waals surface area (Å²) in [5.41, 5.74) is 7.30. The molecule has 2 aromatic heterocycles. The Bertz CT molecular complexity index is 546. The van der Waals surface area contributed by atoms with Crippen LogP contribution in [0.4, 0.5) is 11.5 Å². The minimum atomic E-state index is -0.305. The van der Waals surface area contributed by atoms with E-state index >= 15 is 0 Å². The van der Waals surface area contributed by atoms with Crippen LogP contribution in [0, 0.1) is 6.92 Å². The van der Waals surface area contributed by atoms with Gasteiger partial charge in [0.05, 0.1) is 11.4 Å². The largest absolute Gasteiger partial charge is 0.394 e. The molecule has 0 saturated heterocycles. The molecule has 0 fully saturated rings. The molecule has 6 heteroatoms. The van der Waals surface area contributed by atoms with Crippen molar-refractivity contribution in [1.82, 2.24) is 14.8 Å². The van der Waals surface area contributed by atoms with Crippen molar-refractivity contribution in [2.24, 2.45) is 7.05 Å². The van der Waals surface area contributed by atoms with Gasteiger partial charge in [0.15, 0.2) is 5.82 Å². The summed E-state index contributed by atoms with van der Waals surface area (Å²) in [5, 5.41) is 6.80. The van der Waals surface area contributed by atoms with Crippen molar-refractivity contribution in [2.75, 3.05) is 11.1 Å². The molecule has 1 amide bonds. The molecule has 2 aromatic rings. The molecule has 0 unspecified atom stereocenters. The van der Waals surface area contributed by atoms with Crippen molar-refractivity contribution < 1.29 is 4.79 Å². The third-order valence-corrected chi connectivity index (χ3v) is 2.40. The van der Waals surface area contributed by atoms with Gasteiger partial charge < -0.3 is 11.1 Å². The predicted octanol–water partition coefficient (Wildman–Crippen LogP) is 0.958. The van der Waals surface area contributed by atoms with Gasteiger partial charge >= 0.3 is 0 Å². The van der Waals surface area contributed by atoms with Crippen LogP contribution >= 0.6 is 0 Å². The van der Waals surface area contributed by atoms with E-state index in [2.05, 4.69) is 15.4 Å². The third kappa shape index (κ3) is 2.10. The topological polar surface area (TPSA) is 85.8 Å². The first kappa shape index (κ1) is 11.1. The molecule has 2 heterocycles. The normalized spacial score (nSPS) is 10.2. The Morgan fingerprint density at radius 3 is 2.76 bits per heavy atom. The maximum absolute atomic E-state index is 11.9. The number of amides is 1. The van der Waals surface area contributed by atoms with Gasteiger partial charge in [0.25, 0.3) is 5.91 Å². The maximum Gasteiger partial charge on any atom is 0.275 e. The molecule has 0 aromatic carbocycles. The highest BCUT2D eigenvalue weighted by Crippen LogP contribution is 2.21. The standard InChI is InChI=1S/C11H13N5O/c1-7-9(12)10(16(2)15-7)14-11(17)8-5-3-4-6-13-8/h3-6H,12H2,1-2H3,(H,14,17). The number of carbonyl (C=O) groups is 1. The highest BCUT2D eigenvalue weighted by atomic mass is 16.2. The van der Waals surface area contributed by atoms with Crippen molar-refractivity contribution in [2.45, 2.75) is 6.92 Å². The van der Waals surface area contributed by atoms with Crippen LogP contribution in [0.3, 0.4) is 0 Å². The monoisotopic (exact) mass is 231 g/mol. The van der Waals surface area contributed by atoms with Crippen molar-refractivity contribution >= 4 is 17.4 Å². The number of nitrogens with zero attached hydrogens (tertiary/aromatic N) is 3. The highest BCUT2D eigenvalue weighted by molar-refractivity contribution is 6.03. The van der Waals surface area contributed by atoms with E-state index in [1.807, 2.05) is 0 Å². The SMILES string of the molecule is Cc1nn(C)c(NC(=O)c2ccccn2)c1N. The van der Waals surface area contributed by atoms with Gasteiger partial charge in [-0.3, -0.25) is 14.5 Å². The smallest absolute Gasteiger partial charge is 0.275 e. The summed E-state index contributed by atoms with van der Waals surface area (Å²) in [6, 6.07) is 5.13. The molecule has 0 aliphatic heterocycles. The number of aryl methyl sites for hydroxylation is 2. The molecule has 0 atom stereocenters. The van der Waals surface area contributed by atoms with E-state index < -0.39 is 0 Å². The lowest BCUT2D eigenvalue weighted by molar-refractivity contribution is 0.102. The average Bonchev–Trinajstić information content (AvgIpc) is 2.57. The lowest BCUT2D eigenvalue weighted by atomic mass is 10.3. The van der Waals surface area contributed by atoms with E-state index in [0.29, 0.717) is 22.9 Å². The van der Waals surface area contributed by atoms with Crippen LogP contribution in [0.5, 0.6) is 0 Å². The molecule has 0 bridgehead atoms. The summed E-state index contributed by atoms with van der Waals surface area (Å²) < 4.78 is 1.53. The number of carbonyl (C=O) groups excluding carboxylic acids is 1. The fraction of sp³-hybridized carbons (Fsp3) is 0.182. The van der Waals surface area contributed by atoms with Gasteiger partial charge in [-0.1, -0.05) is 6.07 Å². The average molecular weight is 231 g/mol. The number of nitrogen functional groups attached to an aromatic ring is 1. The van der Waals surface area contributed by atoms with Crippen LogP contribution in [0.15, 0.2) is 24.4 Å². The van der Waals surface area contributed by atoms with Gasteiger partial charge in [0.2, 0.25) is 0 Å². The van der Waals surface area contributed by atoms with Gasteiger partial charge in [-0.15, -0.1) is 0 Å². The van der Waals surface area contributed by atoms with Gasteiger partial charge in [-0.05, 0) is 19.1 Å². The van der Waals surface area contributed by atoms with Crippen molar-refractivity contribution in [1.29, 1.82) is 0 Å². The molecule has 3 N–H and O–H groups in total. The number of anilines is 2. The van der Waals surface area contributed by atoms with E-state index in [1.165, 1.54) is 4.68 Å². The number of nitrogens with two attached hydrogens (primary N) is 1. The van der Waals surface area contributed by atoms with Crippen LogP contribution in [0.2, 0.25) is 0 Å². The van der Waals surface area contributed by atoms with Crippen LogP contribution in [0.25, 0.3) is 0 Å². The van der Waals surface area contributed by atoms with Gasteiger partial charge in [0.1, 0.15) is 5.69 Å². The number of nitrogens with one attached hydrogen (secondary N) is 1. The highest BCUT2D eigenvalue weighted by Gasteiger charge is 2.14. The first-order chi connectivity index (χ1) is 8.09. The van der Waals surface area contributed by atoms with Crippen LogP contribution in [-0.2, 0) is 7.05 Å². The number of hydrogen-bond acceptors (Lipinski definition) is 4. The Kier molecular flexibility index (Phi) is 2.78. The van der Waals surface area contributed by atoms with E-state index in [0.717, 1.165) is 0 Å². The quantitative estimate of drug-likeness (QED) is 0.806. The molecule has 88 valence electrons. The van der Waals surface area contributed by atoms with E-state index in [9.17, 15) is 4.79 Å². The summed E-state index contributed by atoms with van der Waals surface area (Å²) in [4.78, 5) is 15.8. The molecule has 0 radical (unpaired) electrons. The maximum atomic E-state index is 11.9. The lowest BCUT2D eigenvalue weighted by Crippen LogP contribution is -2.16. The van der Waals surface area contributed by atoms with Crippen molar-refractivity contribution in [3.05, 3.63) is 35.8 Å². The molecule has 0 spiro atoms. The number of pyridine rings is 1. The van der Waals surface area contributed by atoms with Crippen molar-refractivity contribution in [3.8, 4) is 0 Å². The Labute approximate surface area is 98.5 Å². The number of hydrogen-bond donors (Lipinski definition) is 2. The van der Waals surface area contributed by atoms with Crippen molar-refractivity contribution in [3.63, 3.8) is 0 Å². The summed E-state index contributed by atoms with van der Waals surface area (Å²) in [6.45, 7) is 1.78. The minimum Gasteiger partial charge on any atom is -0.394 e. The third-order valence-electron chi connectivity index (χ3n) is 2.40. The summed E-state index contributed by atoms with van der Waals surface area (Å²) in [5.74, 6) is 0.179. The molecule has 0 saturated carbocycles. The van der Waals surface area contributed by atoms with Crippen LogP contribution in [-0.4, -0.2) is 20.7 Å². The second-order valence-electron chi connectivity index (χ2n) is 3.64. The fourth-order valence-electron chi connectivity index (χ4n) is 1.49. The first-order valence-corrected chi connectivity index (χ1v) is 5.11. The molecule has 6 nitrogen and oxygen atoms in total. The molecular weight excluding hydrogens is 218 g/mol. The van der Waals surface area contributed by atoms with E-state index in [1.54, 1.807) is 38.4 Å². The molecular formula is C11H13N5O. The lowest BCUT2D eigenvalue weighted by Gasteiger charge is -2.05. The Morgan fingerprint density at radius 2 is 2.24 bits per heavy atom. The number of rotatable bonds is 2. The Balaban J connectivity index is 2.25. The zero-order valence-electron chi connectivity index (χ0n) is 9.64. The minimum absolute atomic E-state index is 0.305. The zero-order valence-corrected chi connectivity index (χ0v) is 9.64. The summed E-state index contributed by atoms with van der Waals surface area (Å²) in [7, 11) is 1.72. The molecule has 0 aliphatic rings. The van der Waals surface area contributed by atoms with Gasteiger partial charge in [0, 0.05) is 13.2 Å². The molecule has 17 heavy (non-hydrogen) atoms. The predicted molar refractivity (Wildman–Crippen MR) is 64.5 cm³/mol. The second kappa shape index (κ2) is 4.25. The first-order valence-electron chi connectivity index (χ1n) is 5.11. The Morgan fingerprint density at radius 1 is 1.47 bits per heavy atom. The van der Waals surface area contributed by atoms with Crippen LogP contribution < -0.4 is 11.1 Å². The van der Waals surface area contributed by atoms with Gasteiger partial charge in [-0.25, -0.2) is 0 Å². The second-order valence-corrected chi connectivity index (χ2v) is 3.64. The molecule has 0 aliphatic carbocycles. The fourth-order valence-corrected chi connectivity index (χ4v) is 1.49. The zero-order chi connectivity index (χ0) is 12.4. The van der Waals surface area contributed by atoms with Gasteiger partial charge in [-0.2, -0.15) is 5.10 Å². The van der Waals surface area contributed by atoms with E-state index in [-0.39, 0.29) is 5.91 Å². The number of aromatic nitrogens is 3. The molecule has 2 rings (SSSR count).